The van der Waals surface area contributed by atoms with Crippen LogP contribution >= 0.6 is 0 Å². The van der Waals surface area contributed by atoms with Gasteiger partial charge in [-0.1, -0.05) is 95.0 Å². The first kappa shape index (κ1) is 19.5. The van der Waals surface area contributed by atoms with E-state index in [1.165, 1.54) is 51.4 Å². The number of esters is 1. The molecule has 0 aliphatic heterocycles. The Kier molecular flexibility index (Phi) is 9.11. The molecule has 0 aromatic heterocycles. The van der Waals surface area contributed by atoms with Crippen LogP contribution in [-0.4, -0.2) is 12.6 Å². The van der Waals surface area contributed by atoms with E-state index in [9.17, 15) is 4.79 Å². The van der Waals surface area contributed by atoms with E-state index < -0.39 is 0 Å². The molecule has 0 atom stereocenters. The molecule has 2 rings (SSSR count). The summed E-state index contributed by atoms with van der Waals surface area (Å²) in [6.07, 6.45) is 12.9. The van der Waals surface area contributed by atoms with E-state index in [1.54, 1.807) is 0 Å². The van der Waals surface area contributed by atoms with Gasteiger partial charge in [0.1, 0.15) is 0 Å². The molecule has 0 heterocycles. The van der Waals surface area contributed by atoms with Crippen molar-refractivity contribution in [1.82, 2.24) is 0 Å². The fourth-order valence-corrected chi connectivity index (χ4v) is 3.15. The van der Waals surface area contributed by atoms with Crippen molar-refractivity contribution in [2.45, 2.75) is 71.1 Å². The van der Waals surface area contributed by atoms with Gasteiger partial charge in [-0.05, 0) is 29.3 Å². The number of benzene rings is 2. The highest BCUT2D eigenvalue weighted by molar-refractivity contribution is 5.95. The Morgan fingerprint density at radius 2 is 1.36 bits per heavy atom. The van der Waals surface area contributed by atoms with E-state index in [4.69, 9.17) is 4.74 Å². The summed E-state index contributed by atoms with van der Waals surface area (Å²) in [6, 6.07) is 13.8. The van der Waals surface area contributed by atoms with Gasteiger partial charge in [0.15, 0.2) is 0 Å². The fourth-order valence-electron chi connectivity index (χ4n) is 3.15. The maximum Gasteiger partial charge on any atom is 0.338 e. The molecular formula is C23H32O2. The lowest BCUT2D eigenvalue weighted by atomic mass is 10.1. The van der Waals surface area contributed by atoms with Gasteiger partial charge in [-0.3, -0.25) is 0 Å². The molecule has 0 saturated heterocycles. The monoisotopic (exact) mass is 340 g/mol. The van der Waals surface area contributed by atoms with E-state index in [1.807, 2.05) is 42.5 Å². The van der Waals surface area contributed by atoms with Crippen molar-refractivity contribution in [2.24, 2.45) is 0 Å². The number of carbonyl (C=O) groups is 1. The van der Waals surface area contributed by atoms with Gasteiger partial charge >= 0.3 is 5.97 Å². The van der Waals surface area contributed by atoms with Crippen LogP contribution in [0.3, 0.4) is 0 Å². The number of rotatable bonds is 12. The number of fused-ring (bicyclic) bond motifs is 1. The number of hydrogen-bond acceptors (Lipinski definition) is 2. The highest BCUT2D eigenvalue weighted by atomic mass is 16.5. The van der Waals surface area contributed by atoms with Crippen molar-refractivity contribution in [3.63, 3.8) is 0 Å². The standard InChI is InChI=1S/C23H32O2/c1-2-3-4-5-6-7-8-9-10-13-18-25-23(24)22-17-16-20-14-11-12-15-21(20)19-22/h11-12,14-17,19H,2-10,13,18H2,1H3. The van der Waals surface area contributed by atoms with Crippen molar-refractivity contribution >= 4 is 16.7 Å². The van der Waals surface area contributed by atoms with Gasteiger partial charge < -0.3 is 4.74 Å². The molecule has 0 bridgehead atoms. The molecule has 2 aromatic rings. The molecule has 0 saturated carbocycles. The molecule has 2 nitrogen and oxygen atoms in total. The third-order valence-corrected chi connectivity index (χ3v) is 4.72. The van der Waals surface area contributed by atoms with Gasteiger partial charge in [0, 0.05) is 0 Å². The minimum absolute atomic E-state index is 0.207. The SMILES string of the molecule is CCCCCCCCCCCCOC(=O)c1ccc2ccccc2c1. The van der Waals surface area contributed by atoms with Gasteiger partial charge in [-0.25, -0.2) is 4.79 Å². The summed E-state index contributed by atoms with van der Waals surface area (Å²) in [5.74, 6) is -0.207. The average Bonchev–Trinajstić information content (AvgIpc) is 2.65. The van der Waals surface area contributed by atoms with Gasteiger partial charge in [0.25, 0.3) is 0 Å². The van der Waals surface area contributed by atoms with Crippen LogP contribution in [0.25, 0.3) is 10.8 Å². The first-order valence-electron chi connectivity index (χ1n) is 9.97. The van der Waals surface area contributed by atoms with Crippen LogP contribution in [-0.2, 0) is 4.74 Å². The highest BCUT2D eigenvalue weighted by Crippen LogP contribution is 2.16. The van der Waals surface area contributed by atoms with E-state index in [2.05, 4.69) is 6.92 Å². The highest BCUT2D eigenvalue weighted by Gasteiger charge is 2.07. The predicted molar refractivity (Wildman–Crippen MR) is 106 cm³/mol. The summed E-state index contributed by atoms with van der Waals surface area (Å²) in [5.41, 5.74) is 0.644. The molecule has 0 spiro atoms. The molecule has 0 N–H and O–H groups in total. The number of unbranched alkanes of at least 4 members (excludes halogenated alkanes) is 9. The molecule has 0 radical (unpaired) electrons. The Labute approximate surface area is 152 Å². The molecule has 0 aliphatic rings. The predicted octanol–water partition coefficient (Wildman–Crippen LogP) is 6.92. The summed E-state index contributed by atoms with van der Waals surface area (Å²) in [4.78, 5) is 12.1. The van der Waals surface area contributed by atoms with Crippen LogP contribution in [0.4, 0.5) is 0 Å². The zero-order valence-corrected chi connectivity index (χ0v) is 15.6. The molecule has 25 heavy (non-hydrogen) atoms. The van der Waals surface area contributed by atoms with Crippen molar-refractivity contribution in [2.75, 3.05) is 6.61 Å². The van der Waals surface area contributed by atoms with Gasteiger partial charge in [0.05, 0.1) is 12.2 Å². The molecule has 0 fully saturated rings. The average molecular weight is 341 g/mol. The van der Waals surface area contributed by atoms with Crippen LogP contribution in [0.2, 0.25) is 0 Å². The second-order valence-electron chi connectivity index (χ2n) is 6.88. The molecular weight excluding hydrogens is 308 g/mol. The number of ether oxygens (including phenoxy) is 1. The number of hydrogen-bond donors (Lipinski definition) is 0. The minimum atomic E-state index is -0.207. The molecule has 0 aliphatic carbocycles. The largest absolute Gasteiger partial charge is 0.462 e. The summed E-state index contributed by atoms with van der Waals surface area (Å²) < 4.78 is 5.41. The summed E-state index contributed by atoms with van der Waals surface area (Å²) in [6.45, 7) is 2.79. The molecule has 2 aromatic carbocycles. The first-order chi connectivity index (χ1) is 12.3. The fraction of sp³-hybridized carbons (Fsp3) is 0.522. The first-order valence-corrected chi connectivity index (χ1v) is 9.97. The van der Waals surface area contributed by atoms with Crippen molar-refractivity contribution < 1.29 is 9.53 Å². The van der Waals surface area contributed by atoms with Gasteiger partial charge in [0.2, 0.25) is 0 Å². The normalized spacial score (nSPS) is 10.9. The Balaban J connectivity index is 1.55. The maximum absolute atomic E-state index is 12.1. The Hall–Kier alpha value is -1.83. The number of carbonyl (C=O) groups excluding carboxylic acids is 1. The quantitative estimate of drug-likeness (QED) is 0.310. The Morgan fingerprint density at radius 1 is 0.760 bits per heavy atom. The molecule has 2 heteroatoms. The van der Waals surface area contributed by atoms with Gasteiger partial charge in [-0.15, -0.1) is 0 Å². The zero-order chi connectivity index (χ0) is 17.7. The molecule has 0 unspecified atom stereocenters. The van der Waals surface area contributed by atoms with Crippen LogP contribution < -0.4 is 0 Å². The second kappa shape index (κ2) is 11.7. The Bertz CT molecular complexity index is 633. The third kappa shape index (κ3) is 7.29. The lowest BCUT2D eigenvalue weighted by Crippen LogP contribution is -2.06. The lowest BCUT2D eigenvalue weighted by Gasteiger charge is -2.06. The van der Waals surface area contributed by atoms with Gasteiger partial charge in [-0.2, -0.15) is 0 Å². The van der Waals surface area contributed by atoms with Crippen molar-refractivity contribution in [1.29, 1.82) is 0 Å². The maximum atomic E-state index is 12.1. The zero-order valence-electron chi connectivity index (χ0n) is 15.6. The van der Waals surface area contributed by atoms with E-state index in [-0.39, 0.29) is 5.97 Å². The minimum Gasteiger partial charge on any atom is -0.462 e. The topological polar surface area (TPSA) is 26.3 Å². The van der Waals surface area contributed by atoms with E-state index >= 15 is 0 Å². The van der Waals surface area contributed by atoms with Crippen LogP contribution in [0.5, 0.6) is 0 Å². The summed E-state index contributed by atoms with van der Waals surface area (Å²) in [7, 11) is 0. The lowest BCUT2D eigenvalue weighted by molar-refractivity contribution is 0.0498. The van der Waals surface area contributed by atoms with Crippen LogP contribution in [0, 0.1) is 0 Å². The summed E-state index contributed by atoms with van der Waals surface area (Å²) >= 11 is 0. The molecule has 0 amide bonds. The summed E-state index contributed by atoms with van der Waals surface area (Å²) in [5, 5.41) is 2.23. The van der Waals surface area contributed by atoms with Crippen LogP contribution in [0.1, 0.15) is 81.5 Å². The van der Waals surface area contributed by atoms with E-state index in [0.717, 1.165) is 23.6 Å². The molecule has 136 valence electrons. The van der Waals surface area contributed by atoms with E-state index in [0.29, 0.717) is 12.2 Å². The van der Waals surface area contributed by atoms with Crippen molar-refractivity contribution in [3.05, 3.63) is 48.0 Å². The second-order valence-corrected chi connectivity index (χ2v) is 6.88. The third-order valence-electron chi connectivity index (χ3n) is 4.72. The van der Waals surface area contributed by atoms with Crippen LogP contribution in [0.15, 0.2) is 42.5 Å². The Morgan fingerprint density at radius 3 is 2.04 bits per heavy atom. The smallest absolute Gasteiger partial charge is 0.338 e. The van der Waals surface area contributed by atoms with Crippen molar-refractivity contribution in [3.8, 4) is 0 Å².